The molecule has 4 nitrogen and oxygen atoms in total. The van der Waals surface area contributed by atoms with Crippen molar-refractivity contribution in [2.45, 2.75) is 34.1 Å². The minimum absolute atomic E-state index is 0.107. The second-order valence-electron chi connectivity index (χ2n) is 4.22. The van der Waals surface area contributed by atoms with Crippen molar-refractivity contribution in [1.29, 1.82) is 0 Å². The van der Waals surface area contributed by atoms with Crippen LogP contribution in [0.15, 0.2) is 12.1 Å². The van der Waals surface area contributed by atoms with Crippen LogP contribution < -0.4 is 0 Å². The van der Waals surface area contributed by atoms with Crippen molar-refractivity contribution >= 4 is 19.5 Å². The van der Waals surface area contributed by atoms with Gasteiger partial charge in [0.05, 0.1) is 0 Å². The first-order valence-corrected chi connectivity index (χ1v) is 7.05. The Labute approximate surface area is 107 Å². The third-order valence-electron chi connectivity index (χ3n) is 2.58. The molecule has 0 N–H and O–H groups in total. The number of aryl methyl sites for hydroxylation is 3. The molecule has 1 unspecified atom stereocenters. The van der Waals surface area contributed by atoms with E-state index in [4.69, 9.17) is 0 Å². The van der Waals surface area contributed by atoms with E-state index in [1.807, 2.05) is 19.1 Å². The Kier molecular flexibility index (Phi) is 4.85. The summed E-state index contributed by atoms with van der Waals surface area (Å²) in [7, 11) is -3.03. The van der Waals surface area contributed by atoms with Crippen molar-refractivity contribution in [3.63, 3.8) is 0 Å². The predicted molar refractivity (Wildman–Crippen MR) is 70.4 cm³/mol. The van der Waals surface area contributed by atoms with Gasteiger partial charge in [-0.3, -0.25) is 14.2 Å². The molecule has 1 aromatic carbocycles. The SMILES string of the molecule is CCC(=O)O[PH](=O)C(=O)c1c(C)cc(C)cc1C. The highest BCUT2D eigenvalue weighted by molar-refractivity contribution is 7.60. The molecule has 98 valence electrons. The van der Waals surface area contributed by atoms with Gasteiger partial charge in [0.15, 0.2) is 0 Å². The van der Waals surface area contributed by atoms with Crippen LogP contribution in [0.5, 0.6) is 0 Å². The molecule has 0 saturated heterocycles. The largest absolute Gasteiger partial charge is 0.408 e. The van der Waals surface area contributed by atoms with Gasteiger partial charge >= 0.3 is 14.0 Å². The molecule has 1 rings (SSSR count). The number of carbonyl (C=O) groups is 2. The van der Waals surface area contributed by atoms with Gasteiger partial charge in [-0.25, -0.2) is 0 Å². The molecule has 18 heavy (non-hydrogen) atoms. The minimum atomic E-state index is -3.03. The van der Waals surface area contributed by atoms with Crippen molar-refractivity contribution < 1.29 is 18.7 Å². The van der Waals surface area contributed by atoms with Gasteiger partial charge in [0.2, 0.25) is 0 Å². The molecule has 0 aliphatic carbocycles. The van der Waals surface area contributed by atoms with Crippen LogP contribution in [0, 0.1) is 20.8 Å². The van der Waals surface area contributed by atoms with Crippen LogP contribution in [0.3, 0.4) is 0 Å². The zero-order valence-electron chi connectivity index (χ0n) is 11.0. The van der Waals surface area contributed by atoms with E-state index in [-0.39, 0.29) is 6.42 Å². The zero-order valence-corrected chi connectivity index (χ0v) is 12.0. The molecule has 0 spiro atoms. The molecule has 1 aromatic rings. The van der Waals surface area contributed by atoms with E-state index in [1.165, 1.54) is 0 Å². The van der Waals surface area contributed by atoms with Crippen molar-refractivity contribution in [2.75, 3.05) is 0 Å². The Morgan fingerprint density at radius 1 is 1.17 bits per heavy atom. The van der Waals surface area contributed by atoms with Crippen molar-refractivity contribution in [2.24, 2.45) is 0 Å². The van der Waals surface area contributed by atoms with E-state index >= 15 is 0 Å². The maximum atomic E-state index is 12.0. The Morgan fingerprint density at radius 2 is 1.67 bits per heavy atom. The topological polar surface area (TPSA) is 60.4 Å². The summed E-state index contributed by atoms with van der Waals surface area (Å²) in [5.74, 6) is -0.616. The monoisotopic (exact) mass is 268 g/mol. The van der Waals surface area contributed by atoms with Crippen LogP contribution in [0.25, 0.3) is 0 Å². The molecular formula is C13H17O4P. The van der Waals surface area contributed by atoms with Gasteiger partial charge in [0, 0.05) is 12.0 Å². The lowest BCUT2D eigenvalue weighted by Crippen LogP contribution is -2.05. The Morgan fingerprint density at radius 3 is 2.11 bits per heavy atom. The normalized spacial score (nSPS) is 12.0. The molecule has 0 fully saturated rings. The number of rotatable bonds is 4. The molecule has 1 atom stereocenters. The smallest absolute Gasteiger partial charge is 0.310 e. The standard InChI is InChI=1S/C13H17O4P/c1-5-11(14)17-18(16)13(15)12-9(3)6-8(2)7-10(12)4/h6-7,18H,5H2,1-4H3. The lowest BCUT2D eigenvalue weighted by molar-refractivity contribution is -0.133. The highest BCUT2D eigenvalue weighted by atomic mass is 31.1. The molecule has 0 aromatic heterocycles. The molecule has 0 aliphatic heterocycles. The van der Waals surface area contributed by atoms with Gasteiger partial charge in [-0.1, -0.05) is 24.6 Å². The Hall–Kier alpha value is -1.41. The fourth-order valence-corrected chi connectivity index (χ4v) is 2.90. The molecule has 0 radical (unpaired) electrons. The summed E-state index contributed by atoms with van der Waals surface area (Å²) in [6, 6.07) is 3.69. The summed E-state index contributed by atoms with van der Waals surface area (Å²) in [5, 5.41) is 0. The zero-order chi connectivity index (χ0) is 13.9. The number of hydrogen-bond acceptors (Lipinski definition) is 4. The molecule has 0 amide bonds. The summed E-state index contributed by atoms with van der Waals surface area (Å²) >= 11 is 0. The summed E-state index contributed by atoms with van der Waals surface area (Å²) in [6.07, 6.45) is 0.107. The molecule has 0 bridgehead atoms. The number of benzene rings is 1. The molecular weight excluding hydrogens is 251 g/mol. The van der Waals surface area contributed by atoms with Crippen molar-refractivity contribution in [1.82, 2.24) is 0 Å². The third kappa shape index (κ3) is 3.30. The summed E-state index contributed by atoms with van der Waals surface area (Å²) < 4.78 is 16.3. The molecule has 0 aliphatic rings. The second-order valence-corrected chi connectivity index (χ2v) is 5.45. The van der Waals surface area contributed by atoms with Gasteiger partial charge in [0.25, 0.3) is 5.52 Å². The van der Waals surface area contributed by atoms with E-state index in [2.05, 4.69) is 4.52 Å². The van der Waals surface area contributed by atoms with Crippen molar-refractivity contribution in [3.05, 3.63) is 34.4 Å². The number of carbonyl (C=O) groups excluding carboxylic acids is 2. The maximum Gasteiger partial charge on any atom is 0.310 e. The third-order valence-corrected chi connectivity index (χ3v) is 3.62. The van der Waals surface area contributed by atoms with Crippen LogP contribution in [0.2, 0.25) is 0 Å². The maximum absolute atomic E-state index is 12.0. The van der Waals surface area contributed by atoms with Crippen LogP contribution in [0.4, 0.5) is 0 Å². The first kappa shape index (κ1) is 14.7. The lowest BCUT2D eigenvalue weighted by Gasteiger charge is -2.10. The van der Waals surface area contributed by atoms with E-state index in [1.54, 1.807) is 20.8 Å². The average molecular weight is 268 g/mol. The quantitative estimate of drug-likeness (QED) is 0.787. The molecule has 5 heteroatoms. The van der Waals surface area contributed by atoms with E-state index < -0.39 is 19.5 Å². The van der Waals surface area contributed by atoms with Gasteiger partial charge in [-0.05, 0) is 31.9 Å². The summed E-state index contributed by atoms with van der Waals surface area (Å²) in [4.78, 5) is 23.0. The first-order valence-electron chi connectivity index (χ1n) is 5.74. The fourth-order valence-electron chi connectivity index (χ4n) is 1.86. The van der Waals surface area contributed by atoms with Crippen LogP contribution in [-0.2, 0) is 13.9 Å². The molecule has 0 heterocycles. The van der Waals surface area contributed by atoms with E-state index in [0.717, 1.165) is 16.7 Å². The van der Waals surface area contributed by atoms with Gasteiger partial charge in [-0.2, -0.15) is 0 Å². The van der Waals surface area contributed by atoms with Gasteiger partial charge < -0.3 is 4.52 Å². The van der Waals surface area contributed by atoms with Crippen LogP contribution in [-0.4, -0.2) is 11.5 Å². The highest BCUT2D eigenvalue weighted by Crippen LogP contribution is 2.32. The van der Waals surface area contributed by atoms with E-state index in [9.17, 15) is 14.2 Å². The Bertz CT molecular complexity index is 497. The highest BCUT2D eigenvalue weighted by Gasteiger charge is 2.21. The van der Waals surface area contributed by atoms with Gasteiger partial charge in [0.1, 0.15) is 0 Å². The predicted octanol–water partition coefficient (Wildman–Crippen LogP) is 3.18. The second kappa shape index (κ2) is 5.96. The van der Waals surface area contributed by atoms with Gasteiger partial charge in [-0.15, -0.1) is 0 Å². The van der Waals surface area contributed by atoms with Crippen LogP contribution >= 0.6 is 8.03 Å². The Balaban J connectivity index is 3.05. The number of hydrogen-bond donors (Lipinski definition) is 0. The summed E-state index contributed by atoms with van der Waals surface area (Å²) in [5.41, 5.74) is 2.35. The molecule has 0 saturated carbocycles. The van der Waals surface area contributed by atoms with E-state index in [0.29, 0.717) is 5.56 Å². The summed E-state index contributed by atoms with van der Waals surface area (Å²) in [6.45, 7) is 7.08. The average Bonchev–Trinajstić information content (AvgIpc) is 2.27. The minimum Gasteiger partial charge on any atom is -0.408 e. The first-order chi connectivity index (χ1) is 8.36. The fraction of sp³-hybridized carbons (Fsp3) is 0.385. The van der Waals surface area contributed by atoms with Crippen LogP contribution in [0.1, 0.15) is 40.4 Å². The lowest BCUT2D eigenvalue weighted by atomic mass is 10.0. The van der Waals surface area contributed by atoms with Crippen molar-refractivity contribution in [3.8, 4) is 0 Å².